The van der Waals surface area contributed by atoms with Crippen LogP contribution in [0.3, 0.4) is 0 Å². The van der Waals surface area contributed by atoms with Crippen LogP contribution in [-0.2, 0) is 9.53 Å². The molecule has 0 aromatic heterocycles. The summed E-state index contributed by atoms with van der Waals surface area (Å²) in [5, 5.41) is 22.2. The molecule has 2 unspecified atom stereocenters. The zero-order valence-corrected chi connectivity index (χ0v) is 12.4. The number of hydrogen-bond donors (Lipinski definition) is 3. The minimum absolute atomic E-state index is 0.0922. The van der Waals surface area contributed by atoms with Crippen LogP contribution in [0.15, 0.2) is 0 Å². The molecule has 1 saturated carbocycles. The summed E-state index contributed by atoms with van der Waals surface area (Å²) < 4.78 is 5.21. The van der Waals surface area contributed by atoms with Gasteiger partial charge in [-0.3, -0.25) is 4.79 Å². The van der Waals surface area contributed by atoms with Gasteiger partial charge < -0.3 is 25.2 Å². The van der Waals surface area contributed by atoms with E-state index in [2.05, 4.69) is 5.32 Å². The summed E-state index contributed by atoms with van der Waals surface area (Å²) in [5.74, 6) is -1.16. The Balaban J connectivity index is 1.79. The Morgan fingerprint density at radius 2 is 2.00 bits per heavy atom. The second-order valence-electron chi connectivity index (χ2n) is 6.19. The van der Waals surface area contributed by atoms with Crippen LogP contribution in [0, 0.1) is 5.92 Å². The van der Waals surface area contributed by atoms with E-state index in [0.717, 1.165) is 0 Å². The lowest BCUT2D eigenvalue weighted by molar-refractivity contribution is -0.141. The summed E-state index contributed by atoms with van der Waals surface area (Å²) in [5.41, 5.74) is -0.885. The normalized spacial score (nSPS) is 28.1. The Bertz CT molecular complexity index is 395. The van der Waals surface area contributed by atoms with Crippen molar-refractivity contribution in [2.45, 2.75) is 43.7 Å². The first-order chi connectivity index (χ1) is 9.89. The van der Waals surface area contributed by atoms with Crippen molar-refractivity contribution in [3.05, 3.63) is 0 Å². The third-order valence-electron chi connectivity index (χ3n) is 4.41. The number of carbonyl (C=O) groups excluding carboxylic acids is 1. The van der Waals surface area contributed by atoms with Gasteiger partial charge in [-0.1, -0.05) is 0 Å². The summed E-state index contributed by atoms with van der Waals surface area (Å²) in [7, 11) is 1.65. The fourth-order valence-corrected chi connectivity index (χ4v) is 3.04. The lowest BCUT2D eigenvalue weighted by Gasteiger charge is -2.35. The average molecular weight is 300 g/mol. The third-order valence-corrected chi connectivity index (χ3v) is 4.41. The molecule has 1 aliphatic heterocycles. The number of nitrogens with zero attached hydrogens (tertiary/aromatic N) is 1. The maximum absolute atomic E-state index is 12.1. The van der Waals surface area contributed by atoms with Crippen molar-refractivity contribution in [2.24, 2.45) is 5.92 Å². The van der Waals surface area contributed by atoms with Crippen LogP contribution in [0.4, 0.5) is 4.79 Å². The first-order valence-electron chi connectivity index (χ1n) is 7.44. The molecule has 2 atom stereocenters. The van der Waals surface area contributed by atoms with E-state index >= 15 is 0 Å². The van der Waals surface area contributed by atoms with Crippen LogP contribution in [0.5, 0.6) is 0 Å². The van der Waals surface area contributed by atoms with E-state index in [9.17, 15) is 14.7 Å². The molecule has 120 valence electrons. The van der Waals surface area contributed by atoms with E-state index in [1.54, 1.807) is 7.05 Å². The molecule has 7 heteroatoms. The van der Waals surface area contributed by atoms with E-state index in [0.29, 0.717) is 45.3 Å². The summed E-state index contributed by atoms with van der Waals surface area (Å²) in [6.07, 6.45) is 2.82. The highest BCUT2D eigenvalue weighted by Gasteiger charge is 2.34. The highest BCUT2D eigenvalue weighted by atomic mass is 16.5. The minimum Gasteiger partial charge on any atom is -0.481 e. The molecule has 3 N–H and O–H groups in total. The van der Waals surface area contributed by atoms with Crippen LogP contribution in [0.1, 0.15) is 32.1 Å². The van der Waals surface area contributed by atoms with Crippen molar-refractivity contribution in [3.8, 4) is 0 Å². The molecule has 1 aliphatic carbocycles. The van der Waals surface area contributed by atoms with Crippen LogP contribution in [0.25, 0.3) is 0 Å². The lowest BCUT2D eigenvalue weighted by atomic mass is 9.94. The van der Waals surface area contributed by atoms with Crippen molar-refractivity contribution >= 4 is 12.0 Å². The summed E-state index contributed by atoms with van der Waals surface area (Å²) in [6, 6.07) is -0.351. The van der Waals surface area contributed by atoms with E-state index < -0.39 is 11.6 Å². The number of carbonyl (C=O) groups is 2. The molecule has 21 heavy (non-hydrogen) atoms. The van der Waals surface area contributed by atoms with E-state index in [1.165, 1.54) is 4.90 Å². The summed E-state index contributed by atoms with van der Waals surface area (Å²) >= 11 is 0. The minimum atomic E-state index is -0.885. The lowest BCUT2D eigenvalue weighted by Crippen LogP contribution is -2.51. The molecular formula is C14H24N2O5. The van der Waals surface area contributed by atoms with Crippen molar-refractivity contribution in [3.63, 3.8) is 0 Å². The molecule has 0 aromatic carbocycles. The zero-order chi connectivity index (χ0) is 15.5. The summed E-state index contributed by atoms with van der Waals surface area (Å²) in [6.45, 7) is 1.28. The average Bonchev–Trinajstić information content (AvgIpc) is 2.87. The number of rotatable bonds is 4. The number of aliphatic hydroxyl groups is 1. The second kappa shape index (κ2) is 6.62. The number of amides is 2. The van der Waals surface area contributed by atoms with Crippen LogP contribution in [0.2, 0.25) is 0 Å². The van der Waals surface area contributed by atoms with Gasteiger partial charge in [0, 0.05) is 39.1 Å². The number of urea groups is 1. The quantitative estimate of drug-likeness (QED) is 0.699. The molecular weight excluding hydrogens is 276 g/mol. The van der Waals surface area contributed by atoms with Gasteiger partial charge >= 0.3 is 12.0 Å². The Kier molecular flexibility index (Phi) is 5.05. The fourth-order valence-electron chi connectivity index (χ4n) is 3.04. The number of likely N-dealkylation sites (N-methyl/N-ethyl adjacent to an activating group) is 1. The number of carboxylic acids is 1. The van der Waals surface area contributed by atoms with Gasteiger partial charge in [0.15, 0.2) is 0 Å². The number of ether oxygens (including phenoxy) is 1. The molecule has 2 fully saturated rings. The van der Waals surface area contributed by atoms with Crippen LogP contribution in [-0.4, -0.2) is 65.6 Å². The zero-order valence-electron chi connectivity index (χ0n) is 12.4. The van der Waals surface area contributed by atoms with E-state index in [-0.39, 0.29) is 24.5 Å². The molecule has 7 nitrogen and oxygen atoms in total. The van der Waals surface area contributed by atoms with E-state index in [1.807, 2.05) is 0 Å². The number of carboxylic acid groups (broad SMARTS) is 1. The molecule has 0 aromatic rings. The van der Waals surface area contributed by atoms with Crippen molar-refractivity contribution in [1.82, 2.24) is 10.2 Å². The second-order valence-corrected chi connectivity index (χ2v) is 6.19. The van der Waals surface area contributed by atoms with Gasteiger partial charge in [-0.25, -0.2) is 4.79 Å². The Morgan fingerprint density at radius 3 is 2.57 bits per heavy atom. The summed E-state index contributed by atoms with van der Waals surface area (Å²) in [4.78, 5) is 24.5. The maximum atomic E-state index is 12.1. The monoisotopic (exact) mass is 300 g/mol. The molecule has 0 spiro atoms. The Morgan fingerprint density at radius 1 is 1.33 bits per heavy atom. The van der Waals surface area contributed by atoms with Crippen LogP contribution >= 0.6 is 0 Å². The highest BCUT2D eigenvalue weighted by Crippen LogP contribution is 2.26. The maximum Gasteiger partial charge on any atom is 0.317 e. The molecule has 2 aliphatic rings. The first kappa shape index (κ1) is 16.0. The topological polar surface area (TPSA) is 99.1 Å². The number of hydrogen-bond acceptors (Lipinski definition) is 4. The predicted molar refractivity (Wildman–Crippen MR) is 74.9 cm³/mol. The van der Waals surface area contributed by atoms with Gasteiger partial charge in [0.1, 0.15) is 0 Å². The molecule has 2 amide bonds. The van der Waals surface area contributed by atoms with E-state index in [4.69, 9.17) is 9.84 Å². The largest absolute Gasteiger partial charge is 0.481 e. The van der Waals surface area contributed by atoms with Gasteiger partial charge in [0.05, 0.1) is 18.1 Å². The smallest absolute Gasteiger partial charge is 0.317 e. The van der Waals surface area contributed by atoms with Gasteiger partial charge in [-0.05, 0) is 19.3 Å². The van der Waals surface area contributed by atoms with Gasteiger partial charge in [0.25, 0.3) is 0 Å². The van der Waals surface area contributed by atoms with Gasteiger partial charge in [-0.2, -0.15) is 0 Å². The van der Waals surface area contributed by atoms with Crippen molar-refractivity contribution < 1.29 is 24.5 Å². The number of aliphatic carboxylic acids is 1. The molecule has 2 rings (SSSR count). The molecule has 1 saturated heterocycles. The van der Waals surface area contributed by atoms with Gasteiger partial charge in [-0.15, -0.1) is 0 Å². The SMILES string of the molecule is CN(CC1(O)CCOCC1)C(=O)NC1CCC(C(=O)O)C1. The molecule has 0 bridgehead atoms. The standard InChI is InChI=1S/C14H24N2O5/c1-16(9-14(20)4-6-21-7-5-14)13(19)15-11-3-2-10(8-11)12(17)18/h10-11,20H,2-9H2,1H3,(H,15,19)(H,17,18). The predicted octanol–water partition coefficient (Wildman–Crippen LogP) is 0.423. The Labute approximate surface area is 124 Å². The first-order valence-corrected chi connectivity index (χ1v) is 7.44. The van der Waals surface area contributed by atoms with Crippen molar-refractivity contribution in [2.75, 3.05) is 26.8 Å². The number of nitrogens with one attached hydrogen (secondary N) is 1. The highest BCUT2D eigenvalue weighted by molar-refractivity contribution is 5.75. The molecule has 1 heterocycles. The third kappa shape index (κ3) is 4.31. The fraction of sp³-hybridized carbons (Fsp3) is 0.857. The molecule has 0 radical (unpaired) electrons. The van der Waals surface area contributed by atoms with Gasteiger partial charge in [0.2, 0.25) is 0 Å². The van der Waals surface area contributed by atoms with Crippen molar-refractivity contribution in [1.29, 1.82) is 0 Å². The van der Waals surface area contributed by atoms with Crippen LogP contribution < -0.4 is 5.32 Å². The Hall–Kier alpha value is -1.34.